The van der Waals surface area contributed by atoms with Crippen molar-refractivity contribution in [3.8, 4) is 11.5 Å². The number of rotatable bonds is 20. The highest BCUT2D eigenvalue weighted by Gasteiger charge is 2.40. The lowest BCUT2D eigenvalue weighted by atomic mass is 9.91. The van der Waals surface area contributed by atoms with E-state index < -0.39 is 28.7 Å². The van der Waals surface area contributed by atoms with Gasteiger partial charge in [0.15, 0.2) is 11.6 Å². The number of benzene rings is 2. The number of hydrogen-bond acceptors (Lipinski definition) is 27. The van der Waals surface area contributed by atoms with Crippen LogP contribution < -0.4 is 74.1 Å². The van der Waals surface area contributed by atoms with E-state index >= 15 is 0 Å². The molecule has 0 atom stereocenters. The van der Waals surface area contributed by atoms with Gasteiger partial charge in [0.2, 0.25) is 35.5 Å². The lowest BCUT2D eigenvalue weighted by Gasteiger charge is -2.33. The van der Waals surface area contributed by atoms with E-state index in [0.717, 1.165) is 268 Å². The first-order chi connectivity index (χ1) is 66.1. The Balaban J connectivity index is 0.000000158. The monoisotopic (exact) mass is 1940 g/mol. The highest BCUT2D eigenvalue weighted by Crippen LogP contribution is 2.36. The number of nitrogens with one attached hydrogen (secondary N) is 12. The molecule has 138 heavy (non-hydrogen) atoms. The highest BCUT2D eigenvalue weighted by atomic mass is 35.5. The second kappa shape index (κ2) is 53.5. The number of nitrogens with two attached hydrogens (primary N) is 2. The maximum absolute atomic E-state index is 12.5. The molecule has 6 aromatic rings. The third-order valence-electron chi connectivity index (χ3n) is 25.0. The molecule has 7 aliphatic carbocycles. The third kappa shape index (κ3) is 40.8. The summed E-state index contributed by atoms with van der Waals surface area (Å²) in [5.41, 5.74) is 12.0. The lowest BCUT2D eigenvalue weighted by Crippen LogP contribution is -2.51. The Hall–Kier alpha value is -11.7. The number of H-pyrrole nitrogens is 2. The summed E-state index contributed by atoms with van der Waals surface area (Å²) in [4.78, 5) is 140. The smallest absolute Gasteiger partial charge is 0.412 e. The molecule has 756 valence electrons. The minimum Gasteiger partial charge on any atom is -0.481 e. The minimum absolute atomic E-state index is 0.0185. The molecule has 12 fully saturated rings. The van der Waals surface area contributed by atoms with Gasteiger partial charge in [-0.25, -0.2) is 33.9 Å². The fourth-order valence-corrected chi connectivity index (χ4v) is 16.6. The van der Waals surface area contributed by atoms with E-state index in [2.05, 4.69) is 98.2 Å². The van der Waals surface area contributed by atoms with Crippen LogP contribution in [0, 0.1) is 43.4 Å². The Morgan fingerprint density at radius 2 is 0.703 bits per heavy atom. The Bertz CT molecular complexity index is 4800. The van der Waals surface area contributed by atoms with Gasteiger partial charge in [0, 0.05) is 178 Å². The molecule has 0 bridgehead atoms. The second-order valence-corrected chi connectivity index (χ2v) is 40.0. The zero-order valence-electron chi connectivity index (χ0n) is 81.4. The number of aryl methyl sites for hydroxylation is 2. The number of halogens is 1. The number of urea groups is 1. The molecule has 12 aliphatic rings. The fourth-order valence-electron chi connectivity index (χ4n) is 16.5. The van der Waals surface area contributed by atoms with Crippen LogP contribution in [0.25, 0.3) is 0 Å². The number of carbonyl (C=O) groups excluding carboxylic acids is 9. The molecule has 4 aromatic heterocycles. The molecule has 40 heteroatoms. The van der Waals surface area contributed by atoms with E-state index in [0.29, 0.717) is 82.7 Å². The zero-order chi connectivity index (χ0) is 98.7. The van der Waals surface area contributed by atoms with Gasteiger partial charge in [-0.2, -0.15) is 20.2 Å². The normalized spacial score (nSPS) is 20.7. The Kier molecular flexibility index (Phi) is 41.3. The van der Waals surface area contributed by atoms with Crippen molar-refractivity contribution < 1.29 is 72.0 Å². The van der Waals surface area contributed by atoms with E-state index in [9.17, 15) is 47.9 Å². The Morgan fingerprint density at radius 1 is 0.384 bits per heavy atom. The quantitative estimate of drug-likeness (QED) is 0.0316. The third-order valence-corrected chi connectivity index (χ3v) is 25.1. The first-order valence-electron chi connectivity index (χ1n) is 49.5. The highest BCUT2D eigenvalue weighted by molar-refractivity contribution is 6.61. The topological polar surface area (TPSA) is 522 Å². The van der Waals surface area contributed by atoms with Gasteiger partial charge in [0.1, 0.15) is 34.3 Å². The first kappa shape index (κ1) is 107. The van der Waals surface area contributed by atoms with Crippen molar-refractivity contribution in [2.45, 2.75) is 301 Å². The fraction of sp³-hybridized carbons (Fsp3) is 0.633. The number of nitrogens with zero attached hydrogens (tertiary/aromatic N) is 10. The van der Waals surface area contributed by atoms with Crippen LogP contribution in [0.2, 0.25) is 0 Å². The Labute approximate surface area is 814 Å². The van der Waals surface area contributed by atoms with Crippen molar-refractivity contribution in [3.05, 3.63) is 109 Å². The molecule has 9 heterocycles. The number of aromatic amines is 2. The molecule has 5 saturated heterocycles. The molecule has 0 radical (unpaired) electrons. The Morgan fingerprint density at radius 3 is 1.04 bits per heavy atom. The van der Waals surface area contributed by atoms with Gasteiger partial charge >= 0.3 is 35.7 Å². The summed E-state index contributed by atoms with van der Waals surface area (Å²) < 4.78 is 20.2. The van der Waals surface area contributed by atoms with E-state index in [4.69, 9.17) is 42.4 Å². The summed E-state index contributed by atoms with van der Waals surface area (Å²) in [6.07, 6.45) is 29.4. The van der Waals surface area contributed by atoms with E-state index in [1.165, 1.54) is 0 Å². The lowest BCUT2D eigenvalue weighted by molar-refractivity contribution is -0.138. The number of para-hydroxylation sites is 2. The molecule has 5 aliphatic heterocycles. The van der Waals surface area contributed by atoms with Gasteiger partial charge in [0.05, 0.1) is 5.92 Å². The molecule has 17 N–H and O–H groups in total. The zero-order valence-corrected chi connectivity index (χ0v) is 82.1. The number of amides is 9. The van der Waals surface area contributed by atoms with Crippen LogP contribution in [0.4, 0.5) is 59.1 Å². The average Bonchev–Trinajstić information content (AvgIpc) is 1.70. The van der Waals surface area contributed by atoms with Crippen LogP contribution in [0.3, 0.4) is 0 Å². The number of likely N-dealkylation sites (tertiary alicyclic amines) is 4. The van der Waals surface area contributed by atoms with Gasteiger partial charge in [-0.1, -0.05) is 36.4 Å². The molecule has 18 rings (SSSR count). The van der Waals surface area contributed by atoms with Crippen molar-refractivity contribution in [3.63, 3.8) is 0 Å². The summed E-state index contributed by atoms with van der Waals surface area (Å²) in [5, 5.41) is 53.4. The maximum atomic E-state index is 12.5. The van der Waals surface area contributed by atoms with Gasteiger partial charge in [-0.15, -0.1) is 0 Å². The van der Waals surface area contributed by atoms with Crippen molar-refractivity contribution >= 4 is 106 Å². The molecule has 0 spiro atoms. The molecule has 0 unspecified atom stereocenters. The van der Waals surface area contributed by atoms with Crippen molar-refractivity contribution in [2.75, 3.05) is 86.7 Å². The van der Waals surface area contributed by atoms with Crippen LogP contribution in [-0.2, 0) is 33.4 Å². The predicted octanol–water partition coefficient (Wildman–Crippen LogP) is 13.2. The number of carbonyl (C=O) groups is 10. The van der Waals surface area contributed by atoms with Gasteiger partial charge < -0.3 is 108 Å². The molecule has 2 aromatic carbocycles. The average molecular weight is 1940 g/mol. The van der Waals surface area contributed by atoms with Crippen LogP contribution in [0.15, 0.2) is 97.3 Å². The number of carboxylic acid groups (broad SMARTS) is 1. The number of hydrogen-bond donors (Lipinski definition) is 15. The number of alkyl carbamates (subject to hydrolysis) is 2. The van der Waals surface area contributed by atoms with E-state index in [1.54, 1.807) is 48.8 Å². The number of anilines is 6. The van der Waals surface area contributed by atoms with Gasteiger partial charge in [-0.05, 0) is 285 Å². The van der Waals surface area contributed by atoms with Crippen LogP contribution >= 0.6 is 11.6 Å². The number of carboxylic acids is 1. The number of aromatic nitrogens is 8. The summed E-state index contributed by atoms with van der Waals surface area (Å²) in [7, 11) is 0. The van der Waals surface area contributed by atoms with E-state index in [1.807, 2.05) is 124 Å². The minimum atomic E-state index is -0.814. The molecule has 7 saturated carbocycles. The summed E-state index contributed by atoms with van der Waals surface area (Å²) >= 11 is 4.95. The van der Waals surface area contributed by atoms with Crippen LogP contribution in [-0.4, -0.2) is 255 Å². The predicted molar refractivity (Wildman–Crippen MR) is 525 cm³/mol. The maximum Gasteiger partial charge on any atom is 0.412 e. The number of aliphatic carboxylic acids is 1. The molecule has 9 amide bonds. The molecular formula is C98H147ClN24O15. The summed E-state index contributed by atoms with van der Waals surface area (Å²) in [6.45, 7) is 23.2. The summed E-state index contributed by atoms with van der Waals surface area (Å²) in [5.74, 6) is 6.98. The summed E-state index contributed by atoms with van der Waals surface area (Å²) in [6, 6.07) is 27.2. The van der Waals surface area contributed by atoms with Crippen LogP contribution in [0.1, 0.15) is 233 Å². The standard InChI is InChI=1S/C24H35N9O2.C16H20N2O3.C14H21N7.C14H24N2O3.C10H20N2O2.C9H16N2O.C7H5ClO2.C4H6O2/c1-15-14-21(32-31-15)29-20-8-11-25-23(30-20)26-17-4-6-18(7-5-17)27-24(35)28-19-9-12-33(13-10-19)22(34)16-2-3-16;19-15(12-6-7-12)18-10-8-13(9-11-18)17-16(20)21-14-4-2-1-3-5-14;1-9-8-13(21-20-9)18-12-6-7-16-14(19-12)17-11-4-2-10(15)3-5-11;1-14(2,3)19-13(18)15-11-6-8-16(9-7-11)12(17)10-4-5-10;1-10(2,3)14-9(13)12-8-4-6-11-7-5-8;10-8-3-5-11(6-4-8)9(12)7-1-2-7;8-7(9)10-6-4-2-1-3-5-6;5-4(6)3-1-2-3/h8,11,14,16-19H,2-7,9-10,12-13H2,1H3,(H2,27,28,35)(H3,25,26,29,30,31,32);1-5,12-13H,6-11H2,(H,17,20);6-8,10-11H,2-5,15H2,1H3,(H3,16,17,18,19,20,21);10-11H,4-9H2,1-3H3,(H,15,18);8,11H,4-7H2,1-3H3,(H,12,13);7-8H,1-6,10H2;1-5H;3H,1-2H2,(H,5,6). The van der Waals surface area contributed by atoms with Crippen molar-refractivity contribution in [2.24, 2.45) is 41.1 Å². The van der Waals surface area contributed by atoms with E-state index in [-0.39, 0.29) is 78.1 Å². The largest absolute Gasteiger partial charge is 0.481 e. The molecular weight excluding hydrogens is 1790 g/mol. The first-order valence-corrected chi connectivity index (χ1v) is 49.9. The second-order valence-electron chi connectivity index (χ2n) is 39.7. The molecule has 39 nitrogen and oxygen atoms in total. The van der Waals surface area contributed by atoms with Gasteiger partial charge in [-0.3, -0.25) is 34.2 Å². The van der Waals surface area contributed by atoms with Crippen molar-refractivity contribution in [1.82, 2.24) is 91.8 Å². The van der Waals surface area contributed by atoms with Crippen molar-refractivity contribution in [1.29, 1.82) is 0 Å². The number of piperidine rings is 5. The SMILES string of the molecule is CC(C)(C)OC(=O)NC1CCN(C(=O)C2CC2)CC1.CC(C)(C)OC(=O)NC1CCNCC1.Cc1cc(Nc2ccnc(NC3CCC(N)CC3)n2)n[nH]1.Cc1cc(Nc2ccnc(NC3CCC(NC(=O)NC4CCN(C(=O)C5CC5)CC4)CC3)n2)n[nH]1.NC1CCN(C(=O)C2CC2)CC1.O=C(Cl)Oc1ccccc1.O=C(NC1CCN(C(=O)C2CC2)CC1)Oc1ccccc1.O=C(O)C1CC1. The van der Waals surface area contributed by atoms with Crippen LogP contribution in [0.5, 0.6) is 11.5 Å². The van der Waals surface area contributed by atoms with Gasteiger partial charge in [0.25, 0.3) is 0 Å². The number of ether oxygens (including phenoxy) is 4.